The molecule has 10 heteroatoms. The molecule has 5 rings (SSSR count). The molecular formula is C33H38ClN3O5Si. The monoisotopic (exact) mass is 619 g/mol. The number of pyridine rings is 1. The molecule has 0 saturated heterocycles. The van der Waals surface area contributed by atoms with Gasteiger partial charge in [-0.2, -0.15) is 4.98 Å². The summed E-state index contributed by atoms with van der Waals surface area (Å²) in [6.07, 6.45) is 4.17. The fourth-order valence-corrected chi connectivity index (χ4v) is 6.39. The highest BCUT2D eigenvalue weighted by atomic mass is 35.5. The van der Waals surface area contributed by atoms with Crippen LogP contribution in [0.15, 0.2) is 54.6 Å². The highest BCUT2D eigenvalue weighted by Gasteiger charge is 2.26. The van der Waals surface area contributed by atoms with Gasteiger partial charge in [0.05, 0.1) is 16.2 Å². The number of aldehydes is 1. The number of carboxylic acid groups (broad SMARTS) is 1. The lowest BCUT2D eigenvalue weighted by atomic mass is 9.85. The molecule has 0 atom stereocenters. The van der Waals surface area contributed by atoms with Crippen molar-refractivity contribution in [1.82, 2.24) is 14.5 Å². The Balaban J connectivity index is 1.40. The van der Waals surface area contributed by atoms with Gasteiger partial charge in [0.2, 0.25) is 0 Å². The van der Waals surface area contributed by atoms with Crippen LogP contribution in [0.1, 0.15) is 42.5 Å². The number of carboxylic acids is 1. The summed E-state index contributed by atoms with van der Waals surface area (Å²) in [4.78, 5) is 31.8. The van der Waals surface area contributed by atoms with Crippen molar-refractivity contribution in [3.05, 3.63) is 65.2 Å². The van der Waals surface area contributed by atoms with Crippen molar-refractivity contribution in [2.24, 2.45) is 5.92 Å². The quantitative estimate of drug-likeness (QED) is 0.0974. The molecule has 0 bridgehead atoms. The van der Waals surface area contributed by atoms with Gasteiger partial charge in [-0.05, 0) is 54.8 Å². The Morgan fingerprint density at radius 1 is 1.00 bits per heavy atom. The number of hydrogen-bond donors (Lipinski definition) is 1. The number of halogens is 1. The van der Waals surface area contributed by atoms with Crippen LogP contribution in [-0.4, -0.2) is 52.7 Å². The number of aromatic nitrogens is 3. The molecule has 8 nitrogen and oxygen atoms in total. The van der Waals surface area contributed by atoms with Crippen LogP contribution in [0.25, 0.3) is 33.5 Å². The highest BCUT2D eigenvalue weighted by Crippen LogP contribution is 2.34. The van der Waals surface area contributed by atoms with Crippen molar-refractivity contribution < 1.29 is 24.2 Å². The number of carbonyl (C=O) groups is 2. The lowest BCUT2D eigenvalue weighted by Gasteiger charge is -2.27. The number of imidazole rings is 1. The number of aliphatic carboxylic acids is 1. The summed E-state index contributed by atoms with van der Waals surface area (Å²) in [5.41, 5.74) is 5.42. The summed E-state index contributed by atoms with van der Waals surface area (Å²) in [6, 6.07) is 18.8. The number of nitrogens with zero attached hydrogens (tertiary/aromatic N) is 3. The molecule has 0 radical (unpaired) electrons. The standard InChI is InChI=1S/C33H38ClN3O5Si/c1-43(2,3)17-16-41-21-37-29-19-28(34)31(26-12-10-25(11-13-26)24-8-4-23(20-38)5-9-24)35-32(29)36-33(37)42-27-14-6-22(7-15-27)18-30(39)40/h4-5,8-13,19-20,22,27H,6-7,14-18,21H2,1-3H3,(H,39,40). The van der Waals surface area contributed by atoms with Crippen LogP contribution in [-0.2, 0) is 16.3 Å². The number of rotatable bonds is 12. The van der Waals surface area contributed by atoms with Crippen molar-refractivity contribution in [3.63, 3.8) is 0 Å². The van der Waals surface area contributed by atoms with Gasteiger partial charge in [0.25, 0.3) is 0 Å². The van der Waals surface area contributed by atoms with Gasteiger partial charge >= 0.3 is 12.0 Å². The van der Waals surface area contributed by atoms with E-state index in [1.165, 1.54) is 0 Å². The minimum atomic E-state index is -1.25. The maximum absolute atomic E-state index is 11.1. The number of hydrogen-bond acceptors (Lipinski definition) is 6. The first-order valence-electron chi connectivity index (χ1n) is 14.8. The van der Waals surface area contributed by atoms with Gasteiger partial charge in [0.15, 0.2) is 5.65 Å². The first kappa shape index (κ1) is 30.9. The Morgan fingerprint density at radius 3 is 2.23 bits per heavy atom. The summed E-state index contributed by atoms with van der Waals surface area (Å²) in [5.74, 6) is -0.561. The molecule has 1 saturated carbocycles. The van der Waals surface area contributed by atoms with Crippen molar-refractivity contribution in [1.29, 1.82) is 0 Å². The van der Waals surface area contributed by atoms with Gasteiger partial charge in [-0.15, -0.1) is 0 Å². The Bertz CT molecular complexity index is 1570. The number of carbonyl (C=O) groups excluding carboxylic acids is 1. The van der Waals surface area contributed by atoms with E-state index in [2.05, 4.69) is 19.6 Å². The Hall–Kier alpha value is -3.53. The predicted molar refractivity (Wildman–Crippen MR) is 172 cm³/mol. The predicted octanol–water partition coefficient (Wildman–Crippen LogP) is 7.96. The molecular weight excluding hydrogens is 582 g/mol. The average Bonchev–Trinajstić information content (AvgIpc) is 3.30. The highest BCUT2D eigenvalue weighted by molar-refractivity contribution is 6.76. The summed E-state index contributed by atoms with van der Waals surface area (Å²) in [5, 5.41) is 9.66. The molecule has 4 aromatic rings. The maximum atomic E-state index is 11.1. The molecule has 2 aromatic heterocycles. The largest absolute Gasteiger partial charge is 0.481 e. The van der Waals surface area contributed by atoms with E-state index >= 15 is 0 Å². The second kappa shape index (κ2) is 13.4. The van der Waals surface area contributed by atoms with E-state index in [1.807, 2.05) is 47.0 Å². The van der Waals surface area contributed by atoms with Crippen LogP contribution in [0.4, 0.5) is 0 Å². The van der Waals surface area contributed by atoms with Gasteiger partial charge in [0.1, 0.15) is 19.1 Å². The Kier molecular flexibility index (Phi) is 9.64. The smallest absolute Gasteiger partial charge is 0.303 e. The van der Waals surface area contributed by atoms with Crippen LogP contribution in [0.5, 0.6) is 6.01 Å². The van der Waals surface area contributed by atoms with Crippen LogP contribution in [0.3, 0.4) is 0 Å². The Morgan fingerprint density at radius 2 is 1.63 bits per heavy atom. The van der Waals surface area contributed by atoms with Gasteiger partial charge < -0.3 is 14.6 Å². The summed E-state index contributed by atoms with van der Waals surface area (Å²) in [7, 11) is -1.25. The lowest BCUT2D eigenvalue weighted by molar-refractivity contribution is -0.138. The third-order valence-corrected chi connectivity index (χ3v) is 9.94. The summed E-state index contributed by atoms with van der Waals surface area (Å²) in [6.45, 7) is 7.89. The van der Waals surface area contributed by atoms with Crippen LogP contribution >= 0.6 is 11.6 Å². The molecule has 0 amide bonds. The summed E-state index contributed by atoms with van der Waals surface area (Å²) < 4.78 is 14.4. The SMILES string of the molecule is C[Si](C)(C)CCOCn1c(OC2CCC(CC(=O)O)CC2)nc2nc(-c3ccc(-c4ccc(C=O)cc4)cc3)c(Cl)cc21. The minimum absolute atomic E-state index is 0.0503. The van der Waals surface area contributed by atoms with Crippen LogP contribution < -0.4 is 4.74 Å². The normalized spacial score (nSPS) is 17.2. The van der Waals surface area contributed by atoms with E-state index in [0.29, 0.717) is 34.5 Å². The summed E-state index contributed by atoms with van der Waals surface area (Å²) >= 11 is 6.82. The third-order valence-electron chi connectivity index (χ3n) is 7.94. The molecule has 43 heavy (non-hydrogen) atoms. The molecule has 1 fully saturated rings. The lowest BCUT2D eigenvalue weighted by Crippen LogP contribution is -2.26. The zero-order chi connectivity index (χ0) is 30.6. The average molecular weight is 620 g/mol. The van der Waals surface area contributed by atoms with Crippen molar-refractivity contribution in [2.45, 2.75) is 70.6 Å². The first-order valence-corrected chi connectivity index (χ1v) is 18.9. The fourth-order valence-electron chi connectivity index (χ4n) is 5.38. The molecule has 2 aromatic carbocycles. The molecule has 1 N–H and O–H groups in total. The number of benzene rings is 2. The van der Waals surface area contributed by atoms with Crippen LogP contribution in [0.2, 0.25) is 30.7 Å². The van der Waals surface area contributed by atoms with Gasteiger partial charge in [-0.25, -0.2) is 4.98 Å². The van der Waals surface area contributed by atoms with E-state index in [9.17, 15) is 9.59 Å². The van der Waals surface area contributed by atoms with Gasteiger partial charge in [-0.1, -0.05) is 79.8 Å². The second-order valence-corrected chi connectivity index (χ2v) is 18.5. The molecule has 0 unspecified atom stereocenters. The molecule has 2 heterocycles. The van der Waals surface area contributed by atoms with Crippen LogP contribution in [0, 0.1) is 5.92 Å². The molecule has 0 aliphatic heterocycles. The zero-order valence-corrected chi connectivity index (χ0v) is 26.6. The topological polar surface area (TPSA) is 104 Å². The van der Waals surface area contributed by atoms with E-state index in [-0.39, 0.29) is 25.2 Å². The number of fused-ring (bicyclic) bond motifs is 1. The molecule has 226 valence electrons. The van der Waals surface area contributed by atoms with Crippen molar-refractivity contribution in [3.8, 4) is 28.4 Å². The van der Waals surface area contributed by atoms with E-state index in [4.69, 9.17) is 36.1 Å². The van der Waals surface area contributed by atoms with Gasteiger partial charge in [0, 0.05) is 32.2 Å². The Labute approximate surface area is 258 Å². The first-order chi connectivity index (χ1) is 20.6. The zero-order valence-electron chi connectivity index (χ0n) is 24.9. The van der Waals surface area contributed by atoms with Gasteiger partial charge in [-0.3, -0.25) is 14.2 Å². The minimum Gasteiger partial charge on any atom is -0.481 e. The second-order valence-electron chi connectivity index (χ2n) is 12.5. The van der Waals surface area contributed by atoms with Crippen molar-refractivity contribution >= 4 is 43.1 Å². The van der Waals surface area contributed by atoms with E-state index in [0.717, 1.165) is 60.2 Å². The number of ether oxygens (including phenoxy) is 2. The maximum Gasteiger partial charge on any atom is 0.303 e. The molecule has 0 spiro atoms. The molecule has 1 aliphatic carbocycles. The third kappa shape index (κ3) is 7.90. The van der Waals surface area contributed by atoms with E-state index < -0.39 is 14.0 Å². The fraction of sp³-hybridized carbons (Fsp3) is 0.394. The van der Waals surface area contributed by atoms with Crippen molar-refractivity contribution in [2.75, 3.05) is 6.61 Å². The van der Waals surface area contributed by atoms with E-state index in [1.54, 1.807) is 12.1 Å². The molecule has 1 aliphatic rings.